The molecule has 12 heavy (non-hydrogen) atoms. The zero-order valence-corrected chi connectivity index (χ0v) is 7.60. The number of aryl methyl sites for hydroxylation is 2. The Morgan fingerprint density at radius 2 is 2.25 bits per heavy atom. The molecule has 0 saturated heterocycles. The van der Waals surface area contributed by atoms with Gasteiger partial charge in [-0.1, -0.05) is 0 Å². The van der Waals surface area contributed by atoms with E-state index in [9.17, 15) is 4.79 Å². The molecule has 1 heterocycles. The lowest BCUT2D eigenvalue weighted by atomic mass is 10.3. The zero-order chi connectivity index (χ0) is 9.14. The molecule has 0 fully saturated rings. The number of nitrogens with one attached hydrogen (secondary N) is 1. The van der Waals surface area contributed by atoms with Crippen LogP contribution in [-0.2, 0) is 0 Å². The van der Waals surface area contributed by atoms with Crippen LogP contribution in [0.2, 0.25) is 0 Å². The SMILES string of the molecule is CCNC(=O)c1cc(C)c(C)o1. The predicted octanol–water partition coefficient (Wildman–Crippen LogP) is 1.65. The first kappa shape index (κ1) is 8.84. The standard InChI is InChI=1S/C9H13NO2/c1-4-10-9(11)8-5-6(2)7(3)12-8/h5H,4H2,1-3H3,(H,10,11). The summed E-state index contributed by atoms with van der Waals surface area (Å²) < 4.78 is 5.22. The van der Waals surface area contributed by atoms with Gasteiger partial charge in [-0.05, 0) is 32.4 Å². The van der Waals surface area contributed by atoms with Crippen LogP contribution in [0.4, 0.5) is 0 Å². The van der Waals surface area contributed by atoms with Crippen molar-refractivity contribution < 1.29 is 9.21 Å². The van der Waals surface area contributed by atoms with Crippen molar-refractivity contribution in [2.24, 2.45) is 0 Å². The summed E-state index contributed by atoms with van der Waals surface area (Å²) >= 11 is 0. The molecule has 0 bridgehead atoms. The van der Waals surface area contributed by atoms with Gasteiger partial charge in [0.05, 0.1) is 0 Å². The van der Waals surface area contributed by atoms with Crippen molar-refractivity contribution in [3.8, 4) is 0 Å². The molecule has 0 unspecified atom stereocenters. The Labute approximate surface area is 71.8 Å². The van der Waals surface area contributed by atoms with Gasteiger partial charge < -0.3 is 9.73 Å². The number of hydrogen-bond donors (Lipinski definition) is 1. The number of furan rings is 1. The van der Waals surface area contributed by atoms with Crippen LogP contribution in [0.15, 0.2) is 10.5 Å². The van der Waals surface area contributed by atoms with E-state index in [2.05, 4.69) is 5.32 Å². The van der Waals surface area contributed by atoms with Crippen LogP contribution in [0, 0.1) is 13.8 Å². The lowest BCUT2D eigenvalue weighted by molar-refractivity contribution is 0.0927. The highest BCUT2D eigenvalue weighted by molar-refractivity contribution is 5.91. The minimum atomic E-state index is -0.145. The van der Waals surface area contributed by atoms with Gasteiger partial charge in [0.2, 0.25) is 0 Å². The number of carbonyl (C=O) groups is 1. The van der Waals surface area contributed by atoms with Crippen LogP contribution in [0.5, 0.6) is 0 Å². The molecular formula is C9H13NO2. The quantitative estimate of drug-likeness (QED) is 0.727. The second kappa shape index (κ2) is 3.43. The van der Waals surface area contributed by atoms with Crippen LogP contribution < -0.4 is 5.32 Å². The van der Waals surface area contributed by atoms with E-state index in [1.54, 1.807) is 6.07 Å². The molecule has 0 aliphatic carbocycles. The normalized spacial score (nSPS) is 9.92. The highest BCUT2D eigenvalue weighted by Crippen LogP contribution is 2.12. The molecule has 1 rings (SSSR count). The van der Waals surface area contributed by atoms with Crippen molar-refractivity contribution in [2.45, 2.75) is 20.8 Å². The molecule has 3 heteroatoms. The average Bonchev–Trinajstić information content (AvgIpc) is 2.33. The molecule has 1 aromatic heterocycles. The molecule has 0 radical (unpaired) electrons. The fraction of sp³-hybridized carbons (Fsp3) is 0.444. The first-order valence-corrected chi connectivity index (χ1v) is 4.00. The van der Waals surface area contributed by atoms with E-state index in [1.165, 1.54) is 0 Å². The molecule has 0 aromatic carbocycles. The Hall–Kier alpha value is -1.25. The second-order valence-electron chi connectivity index (χ2n) is 2.71. The molecule has 0 aliphatic heterocycles. The molecular weight excluding hydrogens is 154 g/mol. The summed E-state index contributed by atoms with van der Waals surface area (Å²) in [7, 11) is 0. The van der Waals surface area contributed by atoms with Gasteiger partial charge in [0.15, 0.2) is 5.76 Å². The molecule has 1 N–H and O–H groups in total. The summed E-state index contributed by atoms with van der Waals surface area (Å²) in [6.07, 6.45) is 0. The van der Waals surface area contributed by atoms with Crippen LogP contribution >= 0.6 is 0 Å². The summed E-state index contributed by atoms with van der Waals surface area (Å²) in [6.45, 7) is 6.26. The molecule has 3 nitrogen and oxygen atoms in total. The van der Waals surface area contributed by atoms with Gasteiger partial charge in [0.1, 0.15) is 5.76 Å². The van der Waals surface area contributed by atoms with Crippen LogP contribution in [0.1, 0.15) is 28.8 Å². The van der Waals surface area contributed by atoms with Crippen molar-refractivity contribution in [2.75, 3.05) is 6.54 Å². The van der Waals surface area contributed by atoms with Crippen LogP contribution in [-0.4, -0.2) is 12.5 Å². The van der Waals surface area contributed by atoms with Gasteiger partial charge in [0, 0.05) is 6.54 Å². The summed E-state index contributed by atoms with van der Waals surface area (Å²) in [6, 6.07) is 1.75. The number of rotatable bonds is 2. The van der Waals surface area contributed by atoms with E-state index in [0.717, 1.165) is 11.3 Å². The van der Waals surface area contributed by atoms with Gasteiger partial charge in [0.25, 0.3) is 5.91 Å². The largest absolute Gasteiger partial charge is 0.456 e. The molecule has 66 valence electrons. The van der Waals surface area contributed by atoms with E-state index >= 15 is 0 Å². The minimum absolute atomic E-state index is 0.145. The van der Waals surface area contributed by atoms with E-state index < -0.39 is 0 Å². The van der Waals surface area contributed by atoms with Crippen LogP contribution in [0.3, 0.4) is 0 Å². The highest BCUT2D eigenvalue weighted by atomic mass is 16.3. The van der Waals surface area contributed by atoms with E-state index in [-0.39, 0.29) is 5.91 Å². The maximum Gasteiger partial charge on any atom is 0.286 e. The van der Waals surface area contributed by atoms with Gasteiger partial charge in [-0.25, -0.2) is 0 Å². The van der Waals surface area contributed by atoms with Crippen molar-refractivity contribution in [1.82, 2.24) is 5.32 Å². The number of amides is 1. The monoisotopic (exact) mass is 167 g/mol. The fourth-order valence-electron chi connectivity index (χ4n) is 0.933. The molecule has 1 amide bonds. The summed E-state index contributed by atoms with van der Waals surface area (Å²) in [5.41, 5.74) is 1.01. The molecule has 0 saturated carbocycles. The van der Waals surface area contributed by atoms with E-state index in [1.807, 2.05) is 20.8 Å². The Morgan fingerprint density at radius 3 is 2.67 bits per heavy atom. The molecule has 1 aromatic rings. The molecule has 0 atom stereocenters. The topological polar surface area (TPSA) is 42.2 Å². The Kier molecular flexibility index (Phi) is 2.53. The maximum absolute atomic E-state index is 11.2. The van der Waals surface area contributed by atoms with E-state index in [0.29, 0.717) is 12.3 Å². The first-order chi connectivity index (χ1) is 5.65. The molecule has 0 aliphatic rings. The zero-order valence-electron chi connectivity index (χ0n) is 7.60. The van der Waals surface area contributed by atoms with Gasteiger partial charge in [-0.2, -0.15) is 0 Å². The fourth-order valence-corrected chi connectivity index (χ4v) is 0.933. The third kappa shape index (κ3) is 1.67. The summed E-state index contributed by atoms with van der Waals surface area (Å²) in [5, 5.41) is 2.67. The summed E-state index contributed by atoms with van der Waals surface area (Å²) in [5.74, 6) is 1.05. The summed E-state index contributed by atoms with van der Waals surface area (Å²) in [4.78, 5) is 11.2. The van der Waals surface area contributed by atoms with Crippen molar-refractivity contribution in [1.29, 1.82) is 0 Å². The second-order valence-corrected chi connectivity index (χ2v) is 2.71. The van der Waals surface area contributed by atoms with E-state index in [4.69, 9.17) is 4.42 Å². The third-order valence-corrected chi connectivity index (χ3v) is 1.73. The average molecular weight is 167 g/mol. The van der Waals surface area contributed by atoms with Gasteiger partial charge in [-0.3, -0.25) is 4.79 Å². The van der Waals surface area contributed by atoms with Gasteiger partial charge >= 0.3 is 0 Å². The predicted molar refractivity (Wildman–Crippen MR) is 46.2 cm³/mol. The highest BCUT2D eigenvalue weighted by Gasteiger charge is 2.10. The van der Waals surface area contributed by atoms with Gasteiger partial charge in [-0.15, -0.1) is 0 Å². The molecule has 0 spiro atoms. The van der Waals surface area contributed by atoms with Crippen molar-refractivity contribution >= 4 is 5.91 Å². The number of carbonyl (C=O) groups excluding carboxylic acids is 1. The Morgan fingerprint density at radius 1 is 1.58 bits per heavy atom. The Bertz CT molecular complexity index is 269. The lowest BCUT2D eigenvalue weighted by Crippen LogP contribution is -2.21. The minimum Gasteiger partial charge on any atom is -0.456 e. The maximum atomic E-state index is 11.2. The van der Waals surface area contributed by atoms with Crippen LogP contribution in [0.25, 0.3) is 0 Å². The third-order valence-electron chi connectivity index (χ3n) is 1.73. The number of hydrogen-bond acceptors (Lipinski definition) is 2. The van der Waals surface area contributed by atoms with Crippen molar-refractivity contribution in [3.63, 3.8) is 0 Å². The Balaban J connectivity index is 2.82. The lowest BCUT2D eigenvalue weighted by Gasteiger charge is -1.95. The van der Waals surface area contributed by atoms with Crippen molar-refractivity contribution in [3.05, 3.63) is 23.2 Å². The first-order valence-electron chi connectivity index (χ1n) is 4.00. The smallest absolute Gasteiger partial charge is 0.286 e.